The fourth-order valence-corrected chi connectivity index (χ4v) is 4.78. The summed E-state index contributed by atoms with van der Waals surface area (Å²) in [6.07, 6.45) is 9.53. The lowest BCUT2D eigenvalue weighted by atomic mass is 9.91. The third kappa shape index (κ3) is 5.08. The number of carboxylic acids is 1. The Kier molecular flexibility index (Phi) is 7.49. The van der Waals surface area contributed by atoms with E-state index in [4.69, 9.17) is 18.2 Å². The van der Waals surface area contributed by atoms with E-state index in [0.29, 0.717) is 24.5 Å². The predicted octanol–water partition coefficient (Wildman–Crippen LogP) is 7.80. The number of aryl methyl sites for hydroxylation is 1. The van der Waals surface area contributed by atoms with E-state index < -0.39 is 5.97 Å². The maximum absolute atomic E-state index is 11.8. The molecule has 0 amide bonds. The van der Waals surface area contributed by atoms with E-state index in [1.54, 1.807) is 4.57 Å². The van der Waals surface area contributed by atoms with Crippen molar-refractivity contribution in [3.8, 4) is 11.1 Å². The van der Waals surface area contributed by atoms with Gasteiger partial charge in [-0.1, -0.05) is 73.5 Å². The van der Waals surface area contributed by atoms with Crippen LogP contribution in [-0.2, 0) is 13.0 Å². The maximum Gasteiger partial charge on any atom is 0.355 e. The summed E-state index contributed by atoms with van der Waals surface area (Å²) in [6.45, 7) is 10.1. The number of allylic oxidation sites excluding steroid dienone is 2. The summed E-state index contributed by atoms with van der Waals surface area (Å²) in [5, 5.41) is 9.70. The van der Waals surface area contributed by atoms with E-state index in [0.717, 1.165) is 42.4 Å². The summed E-state index contributed by atoms with van der Waals surface area (Å²) in [6, 6.07) is 14.1. The molecule has 34 heavy (non-hydrogen) atoms. The molecule has 1 aromatic heterocycles. The topological polar surface area (TPSA) is 59.5 Å². The molecule has 5 nitrogen and oxygen atoms in total. The summed E-state index contributed by atoms with van der Waals surface area (Å²) in [5.41, 5.74) is 6.05. The molecule has 2 aromatic carbocycles. The van der Waals surface area contributed by atoms with Crippen LogP contribution in [0.5, 0.6) is 0 Å². The second-order valence-corrected chi connectivity index (χ2v) is 9.04. The van der Waals surface area contributed by atoms with Crippen LogP contribution >= 0.6 is 11.6 Å². The Bertz CT molecular complexity index is 1270. The van der Waals surface area contributed by atoms with Crippen molar-refractivity contribution in [3.63, 3.8) is 0 Å². The van der Waals surface area contributed by atoms with Crippen molar-refractivity contribution in [1.29, 1.82) is 0 Å². The van der Waals surface area contributed by atoms with Crippen molar-refractivity contribution in [1.82, 2.24) is 9.55 Å². The molecule has 0 spiro atoms. The smallest absolute Gasteiger partial charge is 0.355 e. The highest BCUT2D eigenvalue weighted by Crippen LogP contribution is 2.36. The van der Waals surface area contributed by atoms with Gasteiger partial charge < -0.3 is 9.67 Å². The molecule has 0 saturated heterocycles. The molecule has 6 heteroatoms. The zero-order chi connectivity index (χ0) is 24.1. The van der Waals surface area contributed by atoms with Crippen LogP contribution in [0.2, 0.25) is 5.15 Å². The average Bonchev–Trinajstić information content (AvgIpc) is 3.18. The number of halogens is 1. The number of carboxylic acid groups (broad SMARTS) is 1. The predicted molar refractivity (Wildman–Crippen MR) is 136 cm³/mol. The number of hydrogen-bond donors (Lipinski definition) is 1. The minimum Gasteiger partial charge on any atom is -0.476 e. The quantitative estimate of drug-likeness (QED) is 0.339. The van der Waals surface area contributed by atoms with Crippen LogP contribution in [-0.4, -0.2) is 20.6 Å². The minimum absolute atomic E-state index is 0.0283. The number of benzene rings is 2. The van der Waals surface area contributed by atoms with Gasteiger partial charge in [0.15, 0.2) is 16.5 Å². The van der Waals surface area contributed by atoms with Crippen molar-refractivity contribution < 1.29 is 9.90 Å². The van der Waals surface area contributed by atoms with Gasteiger partial charge in [0, 0.05) is 13.0 Å². The Morgan fingerprint density at radius 2 is 1.94 bits per heavy atom. The number of imidazole rings is 1. The third-order valence-corrected chi connectivity index (χ3v) is 6.61. The zero-order valence-electron chi connectivity index (χ0n) is 19.4. The maximum atomic E-state index is 11.8. The Morgan fingerprint density at radius 1 is 1.18 bits per heavy atom. The van der Waals surface area contributed by atoms with E-state index in [9.17, 15) is 9.90 Å². The summed E-state index contributed by atoms with van der Waals surface area (Å²) in [7, 11) is 0. The van der Waals surface area contributed by atoms with Gasteiger partial charge in [-0.3, -0.25) is 0 Å². The number of carbonyl (C=O) groups is 1. The van der Waals surface area contributed by atoms with Crippen molar-refractivity contribution in [2.75, 3.05) is 0 Å². The first-order valence-electron chi connectivity index (χ1n) is 11.8. The lowest BCUT2D eigenvalue weighted by Gasteiger charge is -2.15. The van der Waals surface area contributed by atoms with Gasteiger partial charge in [0.2, 0.25) is 0 Å². The largest absolute Gasteiger partial charge is 0.476 e. The first-order valence-corrected chi connectivity index (χ1v) is 12.2. The van der Waals surface area contributed by atoms with Crippen LogP contribution in [0.25, 0.3) is 21.5 Å². The Balaban J connectivity index is 1.64. The molecule has 0 fully saturated rings. The van der Waals surface area contributed by atoms with Gasteiger partial charge in [-0.2, -0.15) is 0 Å². The number of aromatic carboxylic acids is 1. The Hall–Kier alpha value is -3.36. The van der Waals surface area contributed by atoms with Gasteiger partial charge in [0.25, 0.3) is 0 Å². The lowest BCUT2D eigenvalue weighted by molar-refractivity contribution is 0.0685. The molecule has 0 unspecified atom stereocenters. The second-order valence-electron chi connectivity index (χ2n) is 8.68. The highest BCUT2D eigenvalue weighted by Gasteiger charge is 2.21. The van der Waals surface area contributed by atoms with Crippen LogP contribution in [0.4, 0.5) is 5.69 Å². The molecule has 1 heterocycles. The fraction of sp³-hybridized carbons (Fsp3) is 0.321. The number of rotatable bonds is 8. The lowest BCUT2D eigenvalue weighted by Crippen LogP contribution is -2.13. The van der Waals surface area contributed by atoms with Crippen LogP contribution in [0.15, 0.2) is 48.5 Å². The van der Waals surface area contributed by atoms with Gasteiger partial charge in [-0.25, -0.2) is 14.6 Å². The molecule has 3 aromatic rings. The molecular weight excluding hydrogens is 446 g/mol. The van der Waals surface area contributed by atoms with Crippen molar-refractivity contribution in [2.45, 2.75) is 58.4 Å². The zero-order valence-corrected chi connectivity index (χ0v) is 20.1. The van der Waals surface area contributed by atoms with Crippen LogP contribution in [0.1, 0.15) is 72.9 Å². The van der Waals surface area contributed by atoms with E-state index in [2.05, 4.69) is 35.0 Å². The van der Waals surface area contributed by atoms with Crippen molar-refractivity contribution in [3.05, 3.63) is 87.8 Å². The van der Waals surface area contributed by atoms with Crippen molar-refractivity contribution in [2.24, 2.45) is 0 Å². The summed E-state index contributed by atoms with van der Waals surface area (Å²) < 4.78 is 1.70. The summed E-state index contributed by atoms with van der Waals surface area (Å²) >= 11 is 6.16. The number of unbranched alkanes of at least 4 members (excludes halogenated alkanes) is 1. The SMILES string of the molecule is [C-]#[N+]c1ccc(C2=CCCCC2)cc1-c1ccc(Cn2c(CCCC)nc(Cl)c2C(=O)O)cc1. The standard InChI is InChI=1S/C28H28ClN3O2/c1-3-4-10-25-31-27(29)26(28(33)34)32(25)18-19-11-13-21(14-12-19)23-17-22(15-16-24(23)30-2)20-8-6-5-7-9-20/h8,11-17H,3-7,9-10,18H2,1H3,(H,33,34). The van der Waals surface area contributed by atoms with Gasteiger partial charge in [-0.15, -0.1) is 0 Å². The molecular formula is C28H28ClN3O2. The third-order valence-electron chi connectivity index (χ3n) is 6.35. The number of aromatic nitrogens is 2. The number of hydrogen-bond acceptors (Lipinski definition) is 2. The van der Waals surface area contributed by atoms with Gasteiger partial charge >= 0.3 is 5.97 Å². The Morgan fingerprint density at radius 3 is 2.59 bits per heavy atom. The number of nitrogens with zero attached hydrogens (tertiary/aromatic N) is 3. The molecule has 1 aliphatic rings. The van der Waals surface area contributed by atoms with E-state index in [1.165, 1.54) is 24.0 Å². The highest BCUT2D eigenvalue weighted by molar-refractivity contribution is 6.32. The van der Waals surface area contributed by atoms with Gasteiger partial charge in [0.05, 0.1) is 6.57 Å². The average molecular weight is 474 g/mol. The molecule has 0 aliphatic heterocycles. The molecule has 0 radical (unpaired) electrons. The van der Waals surface area contributed by atoms with Gasteiger partial charge in [-0.05, 0) is 59.9 Å². The first-order chi connectivity index (χ1) is 16.5. The van der Waals surface area contributed by atoms with Gasteiger partial charge in [0.1, 0.15) is 5.82 Å². The molecule has 0 atom stereocenters. The molecule has 1 N–H and O–H groups in total. The molecule has 174 valence electrons. The normalized spacial score (nSPS) is 13.4. The van der Waals surface area contributed by atoms with Crippen LogP contribution in [0.3, 0.4) is 0 Å². The molecule has 0 bridgehead atoms. The van der Waals surface area contributed by atoms with Crippen LogP contribution in [0, 0.1) is 6.57 Å². The Labute approximate surface area is 205 Å². The summed E-state index contributed by atoms with van der Waals surface area (Å²) in [4.78, 5) is 19.9. The van der Waals surface area contributed by atoms with E-state index in [1.807, 2.05) is 30.3 Å². The second kappa shape index (κ2) is 10.7. The molecule has 4 rings (SSSR count). The minimum atomic E-state index is -1.08. The first kappa shape index (κ1) is 23.8. The van der Waals surface area contributed by atoms with E-state index in [-0.39, 0.29) is 10.8 Å². The fourth-order valence-electron chi connectivity index (χ4n) is 4.50. The monoisotopic (exact) mass is 473 g/mol. The summed E-state index contributed by atoms with van der Waals surface area (Å²) in [5.74, 6) is -0.385. The van der Waals surface area contributed by atoms with Crippen LogP contribution < -0.4 is 0 Å². The van der Waals surface area contributed by atoms with Crippen molar-refractivity contribution >= 4 is 28.8 Å². The van der Waals surface area contributed by atoms with E-state index >= 15 is 0 Å². The molecule has 1 aliphatic carbocycles. The highest BCUT2D eigenvalue weighted by atomic mass is 35.5. The molecule has 0 saturated carbocycles.